The van der Waals surface area contributed by atoms with Gasteiger partial charge in [0.25, 0.3) is 0 Å². The van der Waals surface area contributed by atoms with Crippen molar-refractivity contribution in [3.8, 4) is 0 Å². The Morgan fingerprint density at radius 3 is 1.79 bits per heavy atom. The monoisotopic (exact) mass is 292 g/mol. The van der Waals surface area contributed by atoms with Crippen LogP contribution in [0.1, 0.15) is 20.3 Å². The molecule has 0 N–H and O–H groups in total. The van der Waals surface area contributed by atoms with E-state index in [4.69, 9.17) is 13.3 Å². The van der Waals surface area contributed by atoms with Crippen molar-refractivity contribution in [1.29, 1.82) is 0 Å². The molecule has 0 aromatic carbocycles. The Morgan fingerprint density at radius 2 is 1.37 bits per heavy atom. The topological polar surface area (TPSA) is 34.2 Å². The third-order valence-electron chi connectivity index (χ3n) is 3.65. The van der Waals surface area contributed by atoms with Gasteiger partial charge in [-0.15, -0.1) is 0 Å². The van der Waals surface area contributed by atoms with E-state index in [0.717, 1.165) is 45.2 Å². The van der Waals surface area contributed by atoms with Crippen molar-refractivity contribution in [3.05, 3.63) is 0 Å². The molecule has 0 radical (unpaired) electrons. The molecule has 5 nitrogen and oxygen atoms in total. The number of hydrogen-bond donors (Lipinski definition) is 0. The summed E-state index contributed by atoms with van der Waals surface area (Å²) in [5.41, 5.74) is 0. The van der Waals surface area contributed by atoms with Crippen molar-refractivity contribution >= 4 is 8.80 Å². The molecule has 0 saturated carbocycles. The second-order valence-electron chi connectivity index (χ2n) is 4.73. The lowest BCUT2D eigenvalue weighted by Gasteiger charge is -2.26. The van der Waals surface area contributed by atoms with Gasteiger partial charge in [0.1, 0.15) is 0 Å². The van der Waals surface area contributed by atoms with E-state index in [9.17, 15) is 0 Å². The van der Waals surface area contributed by atoms with Crippen LogP contribution in [-0.4, -0.2) is 79.7 Å². The highest BCUT2D eigenvalue weighted by atomic mass is 28.4. The molecule has 0 unspecified atom stereocenters. The maximum atomic E-state index is 5.42. The van der Waals surface area contributed by atoms with Crippen LogP contribution in [0.5, 0.6) is 0 Å². The number of likely N-dealkylation sites (N-methyl/N-ethyl adjacent to an activating group) is 2. The van der Waals surface area contributed by atoms with Crippen molar-refractivity contribution in [1.82, 2.24) is 9.80 Å². The molecule has 0 heterocycles. The minimum absolute atomic E-state index is 0.867. The van der Waals surface area contributed by atoms with E-state index in [1.165, 1.54) is 0 Å². The fraction of sp³-hybridized carbons (Fsp3) is 1.00. The van der Waals surface area contributed by atoms with Crippen LogP contribution in [-0.2, 0) is 13.3 Å². The third kappa shape index (κ3) is 7.39. The maximum Gasteiger partial charge on any atom is 0.500 e. The van der Waals surface area contributed by atoms with Crippen LogP contribution in [0.3, 0.4) is 0 Å². The lowest BCUT2D eigenvalue weighted by Crippen LogP contribution is -2.43. The molecule has 0 bridgehead atoms. The molecule has 0 aliphatic carbocycles. The van der Waals surface area contributed by atoms with E-state index in [1.807, 2.05) is 0 Å². The Balaban J connectivity index is 3.87. The largest absolute Gasteiger partial charge is 0.500 e. The van der Waals surface area contributed by atoms with Crippen LogP contribution in [0.4, 0.5) is 0 Å². The SMILES string of the molecule is CCN(CC)CCN(C)CCC[Si](OC)(OC)OC. The zero-order valence-electron chi connectivity index (χ0n) is 13.6. The minimum atomic E-state index is -2.38. The lowest BCUT2D eigenvalue weighted by molar-refractivity contribution is 0.121. The second kappa shape index (κ2) is 10.8. The molecule has 0 aliphatic rings. The summed E-state index contributed by atoms with van der Waals surface area (Å²) in [6, 6.07) is 0.867. The van der Waals surface area contributed by atoms with E-state index in [-0.39, 0.29) is 0 Å². The zero-order chi connectivity index (χ0) is 14.7. The predicted octanol–water partition coefficient (Wildman–Crippen LogP) is 1.53. The fourth-order valence-electron chi connectivity index (χ4n) is 2.09. The van der Waals surface area contributed by atoms with Crippen LogP contribution in [0.2, 0.25) is 6.04 Å². The van der Waals surface area contributed by atoms with Gasteiger partial charge in [-0.1, -0.05) is 13.8 Å². The summed E-state index contributed by atoms with van der Waals surface area (Å²) in [4.78, 5) is 4.80. The van der Waals surface area contributed by atoms with Crippen molar-refractivity contribution in [3.63, 3.8) is 0 Å². The summed E-state index contributed by atoms with van der Waals surface area (Å²) in [6.45, 7) is 9.94. The van der Waals surface area contributed by atoms with Crippen molar-refractivity contribution in [2.45, 2.75) is 26.3 Å². The van der Waals surface area contributed by atoms with Gasteiger partial charge in [-0.3, -0.25) is 0 Å². The highest BCUT2D eigenvalue weighted by molar-refractivity contribution is 6.60. The van der Waals surface area contributed by atoms with Gasteiger partial charge in [0.15, 0.2) is 0 Å². The summed E-state index contributed by atoms with van der Waals surface area (Å²) >= 11 is 0. The van der Waals surface area contributed by atoms with E-state index in [1.54, 1.807) is 21.3 Å². The molecule has 0 aromatic heterocycles. The Hall–Kier alpha value is 0.0169. The van der Waals surface area contributed by atoms with Gasteiger partial charge in [0.05, 0.1) is 0 Å². The molecule has 0 fully saturated rings. The minimum Gasteiger partial charge on any atom is -0.377 e. The average Bonchev–Trinajstić information content (AvgIpc) is 2.45. The Labute approximate surface area is 120 Å². The van der Waals surface area contributed by atoms with E-state index in [2.05, 4.69) is 30.7 Å². The number of nitrogens with zero attached hydrogens (tertiary/aromatic N) is 2. The van der Waals surface area contributed by atoms with Gasteiger partial charge in [0, 0.05) is 40.5 Å². The summed E-state index contributed by atoms with van der Waals surface area (Å²) < 4.78 is 16.3. The predicted molar refractivity (Wildman–Crippen MR) is 81.5 cm³/mol. The summed E-state index contributed by atoms with van der Waals surface area (Å²) in [5.74, 6) is 0. The molecule has 0 aromatic rings. The lowest BCUT2D eigenvalue weighted by atomic mass is 10.4. The Kier molecular flexibility index (Phi) is 10.8. The molecule has 0 spiro atoms. The first-order valence-corrected chi connectivity index (χ1v) is 9.07. The summed E-state index contributed by atoms with van der Waals surface area (Å²) in [7, 11) is 4.80. The van der Waals surface area contributed by atoms with Crippen LogP contribution in [0.15, 0.2) is 0 Å². The van der Waals surface area contributed by atoms with Crippen LogP contribution < -0.4 is 0 Å². The molecule has 116 valence electrons. The molecule has 0 aliphatic heterocycles. The molecular weight excluding hydrogens is 260 g/mol. The normalized spacial score (nSPS) is 12.6. The molecule has 19 heavy (non-hydrogen) atoms. The van der Waals surface area contributed by atoms with Crippen LogP contribution in [0.25, 0.3) is 0 Å². The molecule has 0 amide bonds. The van der Waals surface area contributed by atoms with Crippen molar-refractivity contribution in [2.24, 2.45) is 0 Å². The first-order chi connectivity index (χ1) is 9.07. The van der Waals surface area contributed by atoms with Crippen LogP contribution >= 0.6 is 0 Å². The first kappa shape index (κ1) is 19.0. The van der Waals surface area contributed by atoms with Gasteiger partial charge in [-0.25, -0.2) is 0 Å². The summed E-state index contributed by atoms with van der Waals surface area (Å²) in [6.07, 6.45) is 1.04. The number of rotatable bonds is 12. The van der Waals surface area contributed by atoms with E-state index < -0.39 is 8.80 Å². The Morgan fingerprint density at radius 1 is 0.842 bits per heavy atom. The van der Waals surface area contributed by atoms with Gasteiger partial charge < -0.3 is 23.1 Å². The smallest absolute Gasteiger partial charge is 0.377 e. The summed E-state index contributed by atoms with van der Waals surface area (Å²) in [5, 5.41) is 0. The van der Waals surface area contributed by atoms with Crippen molar-refractivity contribution in [2.75, 3.05) is 61.1 Å². The average molecular weight is 292 g/mol. The first-order valence-electron chi connectivity index (χ1n) is 7.13. The maximum absolute atomic E-state index is 5.42. The molecule has 6 heteroatoms. The van der Waals surface area contributed by atoms with Crippen molar-refractivity contribution < 1.29 is 13.3 Å². The zero-order valence-corrected chi connectivity index (χ0v) is 14.6. The highest BCUT2D eigenvalue weighted by Gasteiger charge is 2.36. The van der Waals surface area contributed by atoms with Gasteiger partial charge in [0.2, 0.25) is 0 Å². The second-order valence-corrected chi connectivity index (χ2v) is 7.82. The molecule has 0 atom stereocenters. The van der Waals surface area contributed by atoms with E-state index in [0.29, 0.717) is 0 Å². The standard InChI is InChI=1S/C13H32N2O3Si/c1-7-15(8-2)12-11-14(3)10-9-13-19(16-4,17-5)18-6/h7-13H2,1-6H3. The Bertz CT molecular complexity index is 204. The quantitative estimate of drug-likeness (QED) is 0.510. The third-order valence-corrected chi connectivity index (χ3v) is 6.48. The molecule has 0 rings (SSSR count). The number of hydrogen-bond acceptors (Lipinski definition) is 5. The van der Waals surface area contributed by atoms with Gasteiger partial charge >= 0.3 is 8.80 Å². The van der Waals surface area contributed by atoms with Gasteiger partial charge in [-0.2, -0.15) is 0 Å². The fourth-order valence-corrected chi connectivity index (χ4v) is 3.79. The van der Waals surface area contributed by atoms with E-state index >= 15 is 0 Å². The highest BCUT2D eigenvalue weighted by Crippen LogP contribution is 2.15. The van der Waals surface area contributed by atoms with Crippen LogP contribution in [0, 0.1) is 0 Å². The molecular formula is C13H32N2O3Si. The molecule has 0 saturated heterocycles. The van der Waals surface area contributed by atoms with Gasteiger partial charge in [-0.05, 0) is 33.1 Å².